The molecule has 1 aliphatic rings. The van der Waals surface area contributed by atoms with Gasteiger partial charge in [0.1, 0.15) is 11.4 Å². The Morgan fingerprint density at radius 2 is 1.65 bits per heavy atom. The van der Waals surface area contributed by atoms with Crippen molar-refractivity contribution in [1.82, 2.24) is 0 Å². The number of hydrogen-bond acceptors (Lipinski definition) is 4. The van der Waals surface area contributed by atoms with E-state index in [0.717, 1.165) is 17.2 Å². The molecule has 0 spiro atoms. The van der Waals surface area contributed by atoms with Gasteiger partial charge >= 0.3 is 0 Å². The summed E-state index contributed by atoms with van der Waals surface area (Å²) in [4.78, 5) is 40.4. The van der Waals surface area contributed by atoms with Crippen LogP contribution in [0.2, 0.25) is 0 Å². The molecule has 2 heterocycles. The summed E-state index contributed by atoms with van der Waals surface area (Å²) >= 11 is 0. The van der Waals surface area contributed by atoms with Crippen molar-refractivity contribution in [2.75, 3.05) is 4.90 Å². The molecule has 5 nitrogen and oxygen atoms in total. The summed E-state index contributed by atoms with van der Waals surface area (Å²) in [5.41, 5.74) is 2.78. The fourth-order valence-corrected chi connectivity index (χ4v) is 4.45. The van der Waals surface area contributed by atoms with Gasteiger partial charge in [-0.2, -0.15) is 0 Å². The van der Waals surface area contributed by atoms with Crippen molar-refractivity contribution in [2.24, 2.45) is 0 Å². The van der Waals surface area contributed by atoms with Crippen LogP contribution in [-0.2, 0) is 0 Å². The van der Waals surface area contributed by atoms with Crippen LogP contribution < -0.4 is 10.3 Å². The highest BCUT2D eigenvalue weighted by molar-refractivity contribution is 6.10. The third-order valence-corrected chi connectivity index (χ3v) is 6.30. The molecule has 1 aliphatic heterocycles. The van der Waals surface area contributed by atoms with E-state index in [1.54, 1.807) is 24.3 Å². The standard InChI is InChI=1S/C28H22FNO4/c1-15(2)17-4-6-19(7-5-17)25-24-26(32)22-14-20(29)10-13-23(22)34-27(24)28(33)30(25)21-11-8-18(9-12-21)16(3)31/h4-15,25H,1-3H3. The number of Topliss-reactive ketones (excluding diaryl/α,β-unsaturated/α-hetero) is 1. The smallest absolute Gasteiger partial charge is 0.295 e. The van der Waals surface area contributed by atoms with Crippen LogP contribution in [0, 0.1) is 5.82 Å². The van der Waals surface area contributed by atoms with Gasteiger partial charge in [0.2, 0.25) is 5.76 Å². The number of hydrogen-bond donors (Lipinski definition) is 0. The van der Waals surface area contributed by atoms with Crippen molar-refractivity contribution in [3.8, 4) is 0 Å². The molecule has 170 valence electrons. The summed E-state index contributed by atoms with van der Waals surface area (Å²) in [6.45, 7) is 5.64. The summed E-state index contributed by atoms with van der Waals surface area (Å²) in [5.74, 6) is -0.851. The number of halogens is 1. The molecular formula is C28H22FNO4. The minimum Gasteiger partial charge on any atom is -0.450 e. The van der Waals surface area contributed by atoms with Crippen LogP contribution in [0.4, 0.5) is 10.1 Å². The Hall–Kier alpha value is -4.06. The molecule has 1 atom stereocenters. The number of nitrogens with zero attached hydrogens (tertiary/aromatic N) is 1. The maximum absolute atomic E-state index is 13.9. The lowest BCUT2D eigenvalue weighted by molar-refractivity contribution is 0.0970. The molecule has 4 aromatic rings. The van der Waals surface area contributed by atoms with Crippen LogP contribution in [0.1, 0.15) is 70.3 Å². The van der Waals surface area contributed by atoms with Gasteiger partial charge in [-0.1, -0.05) is 38.1 Å². The summed E-state index contributed by atoms with van der Waals surface area (Å²) in [6, 6.07) is 17.3. The highest BCUT2D eigenvalue weighted by Crippen LogP contribution is 2.41. The number of benzene rings is 3. The molecule has 1 amide bonds. The first-order valence-corrected chi connectivity index (χ1v) is 11.1. The van der Waals surface area contributed by atoms with Crippen molar-refractivity contribution in [3.05, 3.63) is 111 Å². The molecule has 0 saturated heterocycles. The van der Waals surface area contributed by atoms with E-state index in [2.05, 4.69) is 13.8 Å². The van der Waals surface area contributed by atoms with Gasteiger partial charge in [-0.05, 0) is 66.4 Å². The highest BCUT2D eigenvalue weighted by atomic mass is 19.1. The van der Waals surface area contributed by atoms with Gasteiger partial charge in [0.05, 0.1) is 17.0 Å². The zero-order chi connectivity index (χ0) is 24.1. The minimum atomic E-state index is -0.754. The van der Waals surface area contributed by atoms with Crippen LogP contribution >= 0.6 is 0 Å². The van der Waals surface area contributed by atoms with E-state index in [1.165, 1.54) is 24.0 Å². The summed E-state index contributed by atoms with van der Waals surface area (Å²) < 4.78 is 19.8. The number of rotatable bonds is 4. The van der Waals surface area contributed by atoms with Gasteiger partial charge in [0.15, 0.2) is 11.2 Å². The number of amides is 1. The van der Waals surface area contributed by atoms with E-state index >= 15 is 0 Å². The second kappa shape index (κ2) is 8.06. The summed E-state index contributed by atoms with van der Waals surface area (Å²) in [7, 11) is 0. The van der Waals surface area contributed by atoms with Crippen molar-refractivity contribution in [1.29, 1.82) is 0 Å². The van der Waals surface area contributed by atoms with Crippen LogP contribution in [0.15, 0.2) is 75.9 Å². The molecule has 34 heavy (non-hydrogen) atoms. The fourth-order valence-electron chi connectivity index (χ4n) is 4.45. The first kappa shape index (κ1) is 21.8. The molecule has 0 bridgehead atoms. The van der Waals surface area contributed by atoms with Crippen molar-refractivity contribution in [2.45, 2.75) is 32.7 Å². The fraction of sp³-hybridized carbons (Fsp3) is 0.179. The zero-order valence-electron chi connectivity index (χ0n) is 19.0. The number of carbonyl (C=O) groups excluding carboxylic acids is 2. The second-order valence-electron chi connectivity index (χ2n) is 8.82. The predicted octanol–water partition coefficient (Wildman–Crippen LogP) is 6.01. The van der Waals surface area contributed by atoms with E-state index in [-0.39, 0.29) is 28.1 Å². The van der Waals surface area contributed by atoms with Crippen molar-refractivity contribution in [3.63, 3.8) is 0 Å². The van der Waals surface area contributed by atoms with Gasteiger partial charge in [-0.15, -0.1) is 0 Å². The maximum atomic E-state index is 13.9. The lowest BCUT2D eigenvalue weighted by atomic mass is 9.95. The number of fused-ring (bicyclic) bond motifs is 2. The Morgan fingerprint density at radius 1 is 0.971 bits per heavy atom. The van der Waals surface area contributed by atoms with Crippen molar-refractivity contribution >= 4 is 28.3 Å². The largest absolute Gasteiger partial charge is 0.450 e. The molecule has 0 radical (unpaired) electrons. The van der Waals surface area contributed by atoms with Crippen molar-refractivity contribution < 1.29 is 18.4 Å². The Balaban J connectivity index is 1.75. The molecule has 5 rings (SSSR count). The van der Waals surface area contributed by atoms with E-state index in [0.29, 0.717) is 17.2 Å². The first-order chi connectivity index (χ1) is 16.3. The SMILES string of the molecule is CC(=O)c1ccc(N2C(=O)c3oc4ccc(F)cc4c(=O)c3C2c2ccc(C(C)C)cc2)cc1. The third kappa shape index (κ3) is 3.43. The normalized spacial score (nSPS) is 15.3. The van der Waals surface area contributed by atoms with Crippen LogP contribution in [0.3, 0.4) is 0 Å². The predicted molar refractivity (Wildman–Crippen MR) is 128 cm³/mol. The Labute approximate surface area is 195 Å². The van der Waals surface area contributed by atoms with Crippen LogP contribution in [-0.4, -0.2) is 11.7 Å². The van der Waals surface area contributed by atoms with Gasteiger partial charge in [-0.3, -0.25) is 19.3 Å². The Bertz CT molecular complexity index is 1500. The molecule has 0 N–H and O–H groups in total. The van der Waals surface area contributed by atoms with E-state index in [4.69, 9.17) is 4.42 Å². The summed E-state index contributed by atoms with van der Waals surface area (Å²) in [5, 5.41) is 0.0872. The zero-order valence-corrected chi connectivity index (χ0v) is 19.0. The van der Waals surface area contributed by atoms with Gasteiger partial charge < -0.3 is 4.42 Å². The quantitative estimate of drug-likeness (QED) is 0.354. The number of carbonyl (C=O) groups is 2. The minimum absolute atomic E-state index is 0.0577. The Kier molecular flexibility index (Phi) is 5.16. The molecule has 0 fully saturated rings. The molecule has 1 unspecified atom stereocenters. The Morgan fingerprint density at radius 3 is 2.26 bits per heavy atom. The van der Waals surface area contributed by atoms with E-state index in [9.17, 15) is 18.8 Å². The lowest BCUT2D eigenvalue weighted by Gasteiger charge is -2.25. The average Bonchev–Trinajstić information content (AvgIpc) is 3.12. The van der Waals surface area contributed by atoms with Gasteiger partial charge in [0.25, 0.3) is 5.91 Å². The molecule has 3 aromatic carbocycles. The molecule has 0 saturated carbocycles. The molecule has 0 aliphatic carbocycles. The molecular weight excluding hydrogens is 433 g/mol. The maximum Gasteiger partial charge on any atom is 0.295 e. The van der Waals surface area contributed by atoms with Crippen LogP contribution in [0.25, 0.3) is 11.0 Å². The van der Waals surface area contributed by atoms with Crippen LogP contribution in [0.5, 0.6) is 0 Å². The second-order valence-corrected chi connectivity index (χ2v) is 8.82. The molecule has 1 aromatic heterocycles. The molecule has 6 heteroatoms. The number of anilines is 1. The third-order valence-electron chi connectivity index (χ3n) is 6.30. The van der Waals surface area contributed by atoms with Gasteiger partial charge in [-0.25, -0.2) is 4.39 Å². The average molecular weight is 455 g/mol. The topological polar surface area (TPSA) is 67.6 Å². The summed E-state index contributed by atoms with van der Waals surface area (Å²) in [6.07, 6.45) is 0. The highest BCUT2D eigenvalue weighted by Gasteiger charge is 2.43. The van der Waals surface area contributed by atoms with Gasteiger partial charge in [0, 0.05) is 11.3 Å². The van der Waals surface area contributed by atoms with E-state index in [1.807, 2.05) is 24.3 Å². The van der Waals surface area contributed by atoms with E-state index < -0.39 is 23.2 Å². The number of ketones is 1. The monoisotopic (exact) mass is 455 g/mol. The first-order valence-electron chi connectivity index (χ1n) is 11.1. The lowest BCUT2D eigenvalue weighted by Crippen LogP contribution is -2.29.